The Labute approximate surface area is 85.1 Å². The van der Waals surface area contributed by atoms with Gasteiger partial charge in [-0.25, -0.2) is 4.98 Å². The monoisotopic (exact) mass is 193 g/mol. The molecule has 1 aromatic heterocycles. The summed E-state index contributed by atoms with van der Waals surface area (Å²) < 4.78 is 0. The fraction of sp³-hybridized carbons (Fsp3) is 0.727. The Balaban J connectivity index is 2.27. The first-order chi connectivity index (χ1) is 6.77. The predicted molar refractivity (Wildman–Crippen MR) is 56.7 cm³/mol. The number of nitrogens with two attached hydrogens (primary N) is 1. The van der Waals surface area contributed by atoms with Crippen LogP contribution in [-0.2, 0) is 5.54 Å². The zero-order chi connectivity index (χ0) is 10.0. The molecule has 0 unspecified atom stereocenters. The van der Waals surface area contributed by atoms with Gasteiger partial charge in [-0.1, -0.05) is 26.2 Å². The zero-order valence-electron chi connectivity index (χ0n) is 8.79. The molecule has 78 valence electrons. The van der Waals surface area contributed by atoms with Gasteiger partial charge in [0.25, 0.3) is 0 Å². The van der Waals surface area contributed by atoms with E-state index in [1.54, 1.807) is 6.20 Å². The van der Waals surface area contributed by atoms with Crippen molar-refractivity contribution in [3.8, 4) is 0 Å². The van der Waals surface area contributed by atoms with Crippen molar-refractivity contribution in [2.24, 2.45) is 11.7 Å². The Hall–Kier alpha value is -0.830. The lowest BCUT2D eigenvalue weighted by atomic mass is 9.71. The summed E-state index contributed by atoms with van der Waals surface area (Å²) in [6.45, 7) is 2.22. The third-order valence-corrected chi connectivity index (χ3v) is 3.55. The average Bonchev–Trinajstić information content (AvgIpc) is 2.72. The van der Waals surface area contributed by atoms with Gasteiger partial charge < -0.3 is 10.7 Å². The predicted octanol–water partition coefficient (Wildman–Crippen LogP) is 2.16. The number of nitrogens with zero attached hydrogens (tertiary/aromatic N) is 1. The molecule has 1 saturated carbocycles. The van der Waals surface area contributed by atoms with Crippen molar-refractivity contribution in [2.75, 3.05) is 0 Å². The third-order valence-electron chi connectivity index (χ3n) is 3.55. The van der Waals surface area contributed by atoms with E-state index in [9.17, 15) is 0 Å². The summed E-state index contributed by atoms with van der Waals surface area (Å²) in [7, 11) is 0. The van der Waals surface area contributed by atoms with E-state index < -0.39 is 0 Å². The highest BCUT2D eigenvalue weighted by Gasteiger charge is 2.39. The van der Waals surface area contributed by atoms with Crippen LogP contribution in [0.25, 0.3) is 0 Å². The van der Waals surface area contributed by atoms with Crippen LogP contribution in [0.2, 0.25) is 0 Å². The van der Waals surface area contributed by atoms with Crippen molar-refractivity contribution < 1.29 is 0 Å². The zero-order valence-corrected chi connectivity index (χ0v) is 8.79. The number of H-pyrrole nitrogens is 1. The summed E-state index contributed by atoms with van der Waals surface area (Å²) in [4.78, 5) is 7.50. The van der Waals surface area contributed by atoms with Crippen molar-refractivity contribution in [1.82, 2.24) is 9.97 Å². The second-order valence-corrected chi connectivity index (χ2v) is 4.33. The highest BCUT2D eigenvalue weighted by molar-refractivity contribution is 5.09. The van der Waals surface area contributed by atoms with E-state index in [0.717, 1.165) is 18.7 Å². The Morgan fingerprint density at radius 1 is 1.64 bits per heavy atom. The number of nitrogens with one attached hydrogen (secondary N) is 1. The van der Waals surface area contributed by atoms with Crippen LogP contribution in [0.15, 0.2) is 12.4 Å². The van der Waals surface area contributed by atoms with Crippen LogP contribution < -0.4 is 5.73 Å². The third kappa shape index (κ3) is 1.46. The largest absolute Gasteiger partial charge is 0.347 e. The minimum Gasteiger partial charge on any atom is -0.347 e. The average molecular weight is 193 g/mol. The first-order valence-corrected chi connectivity index (χ1v) is 5.56. The van der Waals surface area contributed by atoms with E-state index in [1.807, 2.05) is 6.20 Å². The SMILES string of the molecule is CC[C@H]1CCCC[C@@]1(N)c1ncc[nH]1. The van der Waals surface area contributed by atoms with Gasteiger partial charge in [-0.3, -0.25) is 0 Å². The quantitative estimate of drug-likeness (QED) is 0.756. The molecule has 1 aliphatic rings. The lowest BCUT2D eigenvalue weighted by Crippen LogP contribution is -2.47. The van der Waals surface area contributed by atoms with Crippen molar-refractivity contribution >= 4 is 0 Å². The lowest BCUT2D eigenvalue weighted by Gasteiger charge is -2.39. The van der Waals surface area contributed by atoms with Crippen molar-refractivity contribution in [3.63, 3.8) is 0 Å². The first-order valence-electron chi connectivity index (χ1n) is 5.56. The Bertz CT molecular complexity index is 281. The van der Waals surface area contributed by atoms with Crippen molar-refractivity contribution in [3.05, 3.63) is 18.2 Å². The van der Waals surface area contributed by atoms with Gasteiger partial charge in [0.2, 0.25) is 0 Å². The summed E-state index contributed by atoms with van der Waals surface area (Å²) in [5.41, 5.74) is 6.29. The second kappa shape index (κ2) is 3.73. The van der Waals surface area contributed by atoms with Crippen LogP contribution in [-0.4, -0.2) is 9.97 Å². The maximum absolute atomic E-state index is 6.49. The van der Waals surface area contributed by atoms with Crippen molar-refractivity contribution in [2.45, 2.75) is 44.6 Å². The standard InChI is InChI=1S/C11H19N3/c1-2-9-5-3-4-6-11(9,12)10-13-7-8-14-10/h7-9H,2-6,12H2,1H3,(H,13,14)/t9-,11-/m0/s1. The van der Waals surface area contributed by atoms with E-state index in [1.165, 1.54) is 19.3 Å². The number of rotatable bonds is 2. The topological polar surface area (TPSA) is 54.7 Å². The molecule has 3 heteroatoms. The molecule has 0 aromatic carbocycles. The van der Waals surface area contributed by atoms with Gasteiger partial charge in [0.05, 0.1) is 5.54 Å². The minimum atomic E-state index is -0.198. The Morgan fingerprint density at radius 3 is 3.14 bits per heavy atom. The molecule has 0 bridgehead atoms. The molecule has 1 aromatic rings. The normalized spacial score (nSPS) is 33.1. The molecule has 14 heavy (non-hydrogen) atoms. The van der Waals surface area contributed by atoms with E-state index >= 15 is 0 Å². The summed E-state index contributed by atoms with van der Waals surface area (Å²) in [6.07, 6.45) is 9.67. The van der Waals surface area contributed by atoms with Crippen LogP contribution in [0.5, 0.6) is 0 Å². The maximum atomic E-state index is 6.49. The van der Waals surface area contributed by atoms with Crippen LogP contribution in [0, 0.1) is 5.92 Å². The van der Waals surface area contributed by atoms with Gasteiger partial charge in [0, 0.05) is 12.4 Å². The summed E-state index contributed by atoms with van der Waals surface area (Å²) in [5, 5.41) is 0. The number of hydrogen-bond acceptors (Lipinski definition) is 2. The van der Waals surface area contributed by atoms with Crippen LogP contribution in [0.4, 0.5) is 0 Å². The van der Waals surface area contributed by atoms with Crippen LogP contribution >= 0.6 is 0 Å². The molecule has 0 spiro atoms. The smallest absolute Gasteiger partial charge is 0.126 e. The van der Waals surface area contributed by atoms with E-state index in [0.29, 0.717) is 5.92 Å². The molecule has 1 fully saturated rings. The summed E-state index contributed by atoms with van der Waals surface area (Å²) in [6, 6.07) is 0. The molecular weight excluding hydrogens is 174 g/mol. The van der Waals surface area contributed by atoms with Crippen LogP contribution in [0.3, 0.4) is 0 Å². The second-order valence-electron chi connectivity index (χ2n) is 4.33. The number of aromatic nitrogens is 2. The molecule has 0 amide bonds. The summed E-state index contributed by atoms with van der Waals surface area (Å²) >= 11 is 0. The lowest BCUT2D eigenvalue weighted by molar-refractivity contribution is 0.175. The molecular formula is C11H19N3. The molecule has 0 radical (unpaired) electrons. The van der Waals surface area contributed by atoms with Crippen molar-refractivity contribution in [1.29, 1.82) is 0 Å². The molecule has 1 heterocycles. The van der Waals surface area contributed by atoms with E-state index in [-0.39, 0.29) is 5.54 Å². The maximum Gasteiger partial charge on any atom is 0.126 e. The summed E-state index contributed by atoms with van der Waals surface area (Å²) in [5.74, 6) is 1.56. The van der Waals surface area contributed by atoms with E-state index in [2.05, 4.69) is 16.9 Å². The molecule has 3 nitrogen and oxygen atoms in total. The van der Waals surface area contributed by atoms with Gasteiger partial charge in [-0.2, -0.15) is 0 Å². The minimum absolute atomic E-state index is 0.198. The first kappa shape index (κ1) is 9.71. The molecule has 2 rings (SSSR count). The Kier molecular flexibility index (Phi) is 2.59. The molecule has 3 N–H and O–H groups in total. The fourth-order valence-corrected chi connectivity index (χ4v) is 2.67. The van der Waals surface area contributed by atoms with Gasteiger partial charge in [0.15, 0.2) is 0 Å². The van der Waals surface area contributed by atoms with Gasteiger partial charge in [-0.15, -0.1) is 0 Å². The fourth-order valence-electron chi connectivity index (χ4n) is 2.67. The highest BCUT2D eigenvalue weighted by atomic mass is 15.0. The van der Waals surface area contributed by atoms with Crippen LogP contribution in [0.1, 0.15) is 44.9 Å². The molecule has 0 saturated heterocycles. The number of imidazole rings is 1. The Morgan fingerprint density at radius 2 is 2.50 bits per heavy atom. The van der Waals surface area contributed by atoms with Gasteiger partial charge in [-0.05, 0) is 18.8 Å². The highest BCUT2D eigenvalue weighted by Crippen LogP contribution is 2.39. The van der Waals surface area contributed by atoms with Gasteiger partial charge in [0.1, 0.15) is 5.82 Å². The number of aromatic amines is 1. The number of hydrogen-bond donors (Lipinski definition) is 2. The molecule has 1 aliphatic carbocycles. The molecule has 0 aliphatic heterocycles. The molecule has 2 atom stereocenters. The van der Waals surface area contributed by atoms with Gasteiger partial charge >= 0.3 is 0 Å². The van der Waals surface area contributed by atoms with E-state index in [4.69, 9.17) is 5.73 Å².